The van der Waals surface area contributed by atoms with Crippen molar-refractivity contribution in [3.8, 4) is 0 Å². The number of unbranched alkanes of at least 4 members (excludes halogenated alkanes) is 24. The quantitative estimate of drug-likeness (QED) is 0.0780. The Morgan fingerprint density at radius 1 is 0.371 bits per heavy atom. The van der Waals surface area contributed by atoms with Crippen molar-refractivity contribution in [3.63, 3.8) is 0 Å². The molecule has 210 valence electrons. The molecule has 0 amide bonds. The molecule has 1 heteroatoms. The molecule has 0 rings (SSSR count). The first-order valence-corrected chi connectivity index (χ1v) is 16.6. The van der Waals surface area contributed by atoms with Crippen molar-refractivity contribution in [1.82, 2.24) is 0 Å². The monoisotopic (exact) mass is 493 g/mol. The summed E-state index contributed by atoms with van der Waals surface area (Å²) >= 11 is 0. The predicted molar refractivity (Wildman–Crippen MR) is 160 cm³/mol. The van der Waals surface area contributed by atoms with Gasteiger partial charge >= 0.3 is 0 Å². The summed E-state index contributed by atoms with van der Waals surface area (Å²) in [4.78, 5) is 0. The lowest BCUT2D eigenvalue weighted by molar-refractivity contribution is 0.147. The molecular formula is C34H68O. The van der Waals surface area contributed by atoms with Crippen molar-refractivity contribution in [2.75, 3.05) is 0 Å². The van der Waals surface area contributed by atoms with Gasteiger partial charge in [0.25, 0.3) is 0 Å². The molecule has 1 unspecified atom stereocenters. The average molecular weight is 493 g/mol. The molecule has 1 nitrogen and oxygen atoms in total. The first kappa shape index (κ1) is 34.7. The SMILES string of the molecule is CCCCCCCC/C=C\CCCCCCCC(O)CCCCCCCCCCCCCCCC. The Bertz CT molecular complexity index is 388. The van der Waals surface area contributed by atoms with Gasteiger partial charge in [-0.1, -0.05) is 174 Å². The van der Waals surface area contributed by atoms with Gasteiger partial charge < -0.3 is 5.11 Å². The highest BCUT2D eigenvalue weighted by Crippen LogP contribution is 2.16. The van der Waals surface area contributed by atoms with E-state index in [1.165, 1.54) is 173 Å². The first-order valence-electron chi connectivity index (χ1n) is 16.6. The maximum Gasteiger partial charge on any atom is 0.0540 e. The van der Waals surface area contributed by atoms with Gasteiger partial charge in [0.15, 0.2) is 0 Å². The maximum atomic E-state index is 10.2. The summed E-state index contributed by atoms with van der Waals surface area (Å²) in [5.74, 6) is 0. The Kier molecular flexibility index (Phi) is 31.5. The van der Waals surface area contributed by atoms with E-state index in [9.17, 15) is 5.11 Å². The van der Waals surface area contributed by atoms with E-state index in [-0.39, 0.29) is 6.10 Å². The molecule has 1 N–H and O–H groups in total. The summed E-state index contributed by atoms with van der Waals surface area (Å²) < 4.78 is 0. The molecule has 0 heterocycles. The van der Waals surface area contributed by atoms with Crippen molar-refractivity contribution in [1.29, 1.82) is 0 Å². The van der Waals surface area contributed by atoms with Crippen LogP contribution in [-0.4, -0.2) is 11.2 Å². The fourth-order valence-corrected chi connectivity index (χ4v) is 5.17. The third kappa shape index (κ3) is 31.7. The highest BCUT2D eigenvalue weighted by molar-refractivity contribution is 4.81. The lowest BCUT2D eigenvalue weighted by Crippen LogP contribution is -2.05. The number of rotatable bonds is 30. The number of aliphatic hydroxyl groups is 1. The maximum absolute atomic E-state index is 10.2. The molecule has 0 saturated carbocycles. The number of hydrogen-bond donors (Lipinski definition) is 1. The van der Waals surface area contributed by atoms with Crippen LogP contribution in [0.5, 0.6) is 0 Å². The lowest BCUT2D eigenvalue weighted by atomic mass is 10.0. The van der Waals surface area contributed by atoms with Crippen LogP contribution in [0.15, 0.2) is 12.2 Å². The van der Waals surface area contributed by atoms with Crippen LogP contribution in [-0.2, 0) is 0 Å². The van der Waals surface area contributed by atoms with Crippen LogP contribution < -0.4 is 0 Å². The number of aliphatic hydroxyl groups excluding tert-OH is 1. The molecule has 0 aliphatic rings. The molecule has 0 aliphatic heterocycles. The van der Waals surface area contributed by atoms with E-state index in [0.29, 0.717) is 0 Å². The Balaban J connectivity index is 3.18. The molecule has 0 saturated heterocycles. The van der Waals surface area contributed by atoms with Crippen LogP contribution in [0.4, 0.5) is 0 Å². The Morgan fingerprint density at radius 2 is 0.629 bits per heavy atom. The Morgan fingerprint density at radius 3 is 0.943 bits per heavy atom. The van der Waals surface area contributed by atoms with E-state index in [1.54, 1.807) is 0 Å². The van der Waals surface area contributed by atoms with E-state index >= 15 is 0 Å². The van der Waals surface area contributed by atoms with Gasteiger partial charge in [-0.2, -0.15) is 0 Å². The Hall–Kier alpha value is -0.300. The standard InChI is InChI=1S/C34H68O/c1-3-5-7-9-11-13-15-17-19-21-23-25-27-29-31-33-34(35)32-30-28-26-24-22-20-18-16-14-12-10-8-6-4-2/h17,19,34-35H,3-16,18,20-33H2,1-2H3/b19-17-. The van der Waals surface area contributed by atoms with Gasteiger partial charge in [0.05, 0.1) is 6.10 Å². The summed E-state index contributed by atoms with van der Waals surface area (Å²) in [5.41, 5.74) is 0. The second kappa shape index (κ2) is 31.7. The van der Waals surface area contributed by atoms with Gasteiger partial charge in [-0.05, 0) is 38.5 Å². The normalized spacial score (nSPS) is 12.7. The van der Waals surface area contributed by atoms with Crippen LogP contribution in [0.25, 0.3) is 0 Å². The second-order valence-corrected chi connectivity index (χ2v) is 11.4. The number of allylic oxidation sites excluding steroid dienone is 2. The fraction of sp³-hybridized carbons (Fsp3) is 0.941. The molecule has 1 atom stereocenters. The predicted octanol–water partition coefficient (Wildman–Crippen LogP) is 12.3. The van der Waals surface area contributed by atoms with E-state index in [1.807, 2.05) is 0 Å². The molecule has 0 spiro atoms. The van der Waals surface area contributed by atoms with Crippen LogP contribution in [0.1, 0.15) is 200 Å². The van der Waals surface area contributed by atoms with Crippen molar-refractivity contribution < 1.29 is 5.11 Å². The van der Waals surface area contributed by atoms with Crippen molar-refractivity contribution in [2.45, 2.75) is 206 Å². The van der Waals surface area contributed by atoms with E-state index in [0.717, 1.165) is 12.8 Å². The molecule has 0 aliphatic carbocycles. The fourth-order valence-electron chi connectivity index (χ4n) is 5.17. The summed E-state index contributed by atoms with van der Waals surface area (Å²) in [6.07, 6.45) is 44.0. The van der Waals surface area contributed by atoms with Gasteiger partial charge in [-0.25, -0.2) is 0 Å². The molecule has 0 aromatic heterocycles. The summed E-state index contributed by atoms with van der Waals surface area (Å²) in [5, 5.41) is 10.2. The summed E-state index contributed by atoms with van der Waals surface area (Å²) in [6.45, 7) is 4.58. The summed E-state index contributed by atoms with van der Waals surface area (Å²) in [7, 11) is 0. The van der Waals surface area contributed by atoms with Crippen LogP contribution in [0.3, 0.4) is 0 Å². The average Bonchev–Trinajstić information content (AvgIpc) is 2.86. The minimum atomic E-state index is -0.0442. The van der Waals surface area contributed by atoms with Gasteiger partial charge in [-0.15, -0.1) is 0 Å². The second-order valence-electron chi connectivity index (χ2n) is 11.4. The Labute approximate surface area is 223 Å². The zero-order valence-corrected chi connectivity index (χ0v) is 24.7. The molecule has 0 aromatic rings. The zero-order valence-electron chi connectivity index (χ0n) is 24.7. The smallest absolute Gasteiger partial charge is 0.0540 e. The highest BCUT2D eigenvalue weighted by Gasteiger charge is 2.03. The van der Waals surface area contributed by atoms with E-state index < -0.39 is 0 Å². The van der Waals surface area contributed by atoms with E-state index in [2.05, 4.69) is 26.0 Å². The molecule has 0 aromatic carbocycles. The van der Waals surface area contributed by atoms with Gasteiger partial charge in [0.1, 0.15) is 0 Å². The van der Waals surface area contributed by atoms with Crippen LogP contribution in [0.2, 0.25) is 0 Å². The lowest BCUT2D eigenvalue weighted by Gasteiger charge is -2.10. The highest BCUT2D eigenvalue weighted by atomic mass is 16.3. The van der Waals surface area contributed by atoms with Gasteiger partial charge in [0, 0.05) is 0 Å². The van der Waals surface area contributed by atoms with Crippen LogP contribution >= 0.6 is 0 Å². The van der Waals surface area contributed by atoms with Gasteiger partial charge in [0.2, 0.25) is 0 Å². The minimum absolute atomic E-state index is 0.0442. The van der Waals surface area contributed by atoms with Crippen LogP contribution in [0, 0.1) is 0 Å². The molecule has 0 bridgehead atoms. The molecular weight excluding hydrogens is 424 g/mol. The molecule has 0 fully saturated rings. The van der Waals surface area contributed by atoms with E-state index in [4.69, 9.17) is 0 Å². The third-order valence-electron chi connectivity index (χ3n) is 7.69. The summed E-state index contributed by atoms with van der Waals surface area (Å²) in [6, 6.07) is 0. The molecule has 0 radical (unpaired) electrons. The zero-order chi connectivity index (χ0) is 25.5. The van der Waals surface area contributed by atoms with Crippen molar-refractivity contribution in [3.05, 3.63) is 12.2 Å². The van der Waals surface area contributed by atoms with Crippen molar-refractivity contribution >= 4 is 0 Å². The largest absolute Gasteiger partial charge is 0.393 e. The minimum Gasteiger partial charge on any atom is -0.393 e. The topological polar surface area (TPSA) is 20.2 Å². The molecule has 35 heavy (non-hydrogen) atoms. The third-order valence-corrected chi connectivity index (χ3v) is 7.69. The van der Waals surface area contributed by atoms with Crippen molar-refractivity contribution in [2.24, 2.45) is 0 Å². The first-order chi connectivity index (χ1) is 17.3. The number of hydrogen-bond acceptors (Lipinski definition) is 1. The van der Waals surface area contributed by atoms with Gasteiger partial charge in [-0.3, -0.25) is 0 Å².